The Hall–Kier alpha value is -1.73. The Bertz CT molecular complexity index is 745. The molecule has 2 rings (SSSR count). The Morgan fingerprint density at radius 2 is 1.82 bits per heavy atom. The van der Waals surface area contributed by atoms with Gasteiger partial charge in [-0.1, -0.05) is 0 Å². The molecule has 0 amide bonds. The number of methoxy groups -OCH3 is 1. The fourth-order valence-corrected chi connectivity index (χ4v) is 3.29. The van der Waals surface area contributed by atoms with E-state index >= 15 is 0 Å². The van der Waals surface area contributed by atoms with Gasteiger partial charge >= 0.3 is 0 Å². The summed E-state index contributed by atoms with van der Waals surface area (Å²) < 4.78 is 38.4. The normalized spacial score (nSPS) is 11.0. The van der Waals surface area contributed by atoms with Crippen LogP contribution in [-0.2, 0) is 10.0 Å². The molecule has 0 unspecified atom stereocenters. The van der Waals surface area contributed by atoms with E-state index in [0.29, 0.717) is 28.3 Å². The van der Waals surface area contributed by atoms with Crippen molar-refractivity contribution in [2.45, 2.75) is 11.8 Å². The number of anilines is 1. The van der Waals surface area contributed by atoms with Crippen molar-refractivity contribution in [1.29, 1.82) is 0 Å². The van der Waals surface area contributed by atoms with Gasteiger partial charge in [-0.3, -0.25) is 4.72 Å². The Balaban J connectivity index is 2.23. The summed E-state index contributed by atoms with van der Waals surface area (Å²) in [5, 5.41) is 0. The average molecular weight is 386 g/mol. The van der Waals surface area contributed by atoms with Crippen molar-refractivity contribution in [3.8, 4) is 11.5 Å². The molecule has 0 aliphatic heterocycles. The van der Waals surface area contributed by atoms with Crippen LogP contribution in [0.25, 0.3) is 0 Å². The highest BCUT2D eigenvalue weighted by Crippen LogP contribution is 2.28. The van der Waals surface area contributed by atoms with Gasteiger partial charge in [-0.15, -0.1) is 0 Å². The second kappa shape index (κ2) is 7.02. The highest BCUT2D eigenvalue weighted by atomic mass is 79.9. The molecule has 0 heterocycles. The van der Waals surface area contributed by atoms with Gasteiger partial charge in [-0.2, -0.15) is 0 Å². The standard InChI is InChI=1S/C15H16BrNO4S/c1-3-21-12-6-4-11(5-7-12)17-22(18,19)13-8-9-14(16)15(10-13)20-2/h4-10,17H,3H2,1-2H3. The largest absolute Gasteiger partial charge is 0.496 e. The highest BCUT2D eigenvalue weighted by Gasteiger charge is 2.16. The Morgan fingerprint density at radius 1 is 1.14 bits per heavy atom. The van der Waals surface area contributed by atoms with Gasteiger partial charge in [0.15, 0.2) is 0 Å². The van der Waals surface area contributed by atoms with E-state index in [1.54, 1.807) is 30.3 Å². The number of benzene rings is 2. The summed E-state index contributed by atoms with van der Waals surface area (Å²) in [6.07, 6.45) is 0. The van der Waals surface area contributed by atoms with Crippen LogP contribution in [0.3, 0.4) is 0 Å². The number of ether oxygens (including phenoxy) is 2. The first-order chi connectivity index (χ1) is 10.5. The summed E-state index contributed by atoms with van der Waals surface area (Å²) in [7, 11) is -2.20. The van der Waals surface area contributed by atoms with Crippen LogP contribution in [0.1, 0.15) is 6.92 Å². The van der Waals surface area contributed by atoms with Crippen LogP contribution in [0.4, 0.5) is 5.69 Å². The van der Waals surface area contributed by atoms with Gasteiger partial charge < -0.3 is 9.47 Å². The molecule has 0 aliphatic carbocycles. The Kier molecular flexibility index (Phi) is 5.31. The summed E-state index contributed by atoms with van der Waals surface area (Å²) >= 11 is 3.29. The third-order valence-corrected chi connectivity index (χ3v) is 4.88. The molecule has 2 aromatic rings. The minimum atomic E-state index is -3.68. The molecule has 0 aromatic heterocycles. The molecule has 0 spiro atoms. The summed E-state index contributed by atoms with van der Waals surface area (Å²) in [5.74, 6) is 1.14. The zero-order valence-corrected chi connectivity index (χ0v) is 14.6. The van der Waals surface area contributed by atoms with Crippen LogP contribution in [-0.4, -0.2) is 22.1 Å². The first-order valence-corrected chi connectivity index (χ1v) is 8.83. The first kappa shape index (κ1) is 16.6. The predicted octanol–water partition coefficient (Wildman–Crippen LogP) is 3.66. The van der Waals surface area contributed by atoms with E-state index in [4.69, 9.17) is 9.47 Å². The average Bonchev–Trinajstić information content (AvgIpc) is 2.49. The number of hydrogen-bond donors (Lipinski definition) is 1. The maximum Gasteiger partial charge on any atom is 0.262 e. The van der Waals surface area contributed by atoms with Crippen LogP contribution in [0, 0.1) is 0 Å². The lowest BCUT2D eigenvalue weighted by atomic mass is 10.3. The summed E-state index contributed by atoms with van der Waals surface area (Å²) in [6, 6.07) is 11.3. The molecular formula is C15H16BrNO4S. The second-order valence-corrected chi connectivity index (χ2v) is 6.90. The van der Waals surface area contributed by atoms with E-state index in [1.807, 2.05) is 6.92 Å². The number of halogens is 1. The molecule has 5 nitrogen and oxygen atoms in total. The van der Waals surface area contributed by atoms with Crippen LogP contribution >= 0.6 is 15.9 Å². The van der Waals surface area contributed by atoms with E-state index in [0.717, 1.165) is 0 Å². The van der Waals surface area contributed by atoms with Crippen LogP contribution in [0.5, 0.6) is 11.5 Å². The van der Waals surface area contributed by atoms with Crippen molar-refractivity contribution in [3.63, 3.8) is 0 Å². The molecular weight excluding hydrogens is 370 g/mol. The third kappa shape index (κ3) is 3.92. The van der Waals surface area contributed by atoms with Crippen molar-refractivity contribution in [3.05, 3.63) is 46.9 Å². The van der Waals surface area contributed by atoms with Crippen molar-refractivity contribution >= 4 is 31.6 Å². The number of rotatable bonds is 6. The SMILES string of the molecule is CCOc1ccc(NS(=O)(=O)c2ccc(Br)c(OC)c2)cc1. The number of nitrogens with one attached hydrogen (secondary N) is 1. The van der Waals surface area contributed by atoms with Gasteiger partial charge in [0.1, 0.15) is 11.5 Å². The third-order valence-electron chi connectivity index (χ3n) is 2.85. The number of sulfonamides is 1. The van der Waals surface area contributed by atoms with E-state index in [-0.39, 0.29) is 4.90 Å². The molecule has 2 aromatic carbocycles. The zero-order valence-electron chi connectivity index (χ0n) is 12.2. The highest BCUT2D eigenvalue weighted by molar-refractivity contribution is 9.10. The fraction of sp³-hybridized carbons (Fsp3) is 0.200. The van der Waals surface area contributed by atoms with E-state index in [2.05, 4.69) is 20.7 Å². The monoisotopic (exact) mass is 385 g/mol. The molecule has 22 heavy (non-hydrogen) atoms. The molecule has 0 saturated heterocycles. The summed E-state index contributed by atoms with van der Waals surface area (Å²) in [5.41, 5.74) is 0.463. The minimum Gasteiger partial charge on any atom is -0.496 e. The molecule has 0 radical (unpaired) electrons. The number of hydrogen-bond acceptors (Lipinski definition) is 4. The van der Waals surface area contributed by atoms with E-state index in [1.165, 1.54) is 19.2 Å². The molecule has 0 fully saturated rings. The van der Waals surface area contributed by atoms with E-state index in [9.17, 15) is 8.42 Å². The van der Waals surface area contributed by atoms with Crippen LogP contribution in [0.2, 0.25) is 0 Å². The summed E-state index contributed by atoms with van der Waals surface area (Å²) in [6.45, 7) is 2.45. The molecule has 0 atom stereocenters. The maximum absolute atomic E-state index is 12.4. The molecule has 7 heteroatoms. The van der Waals surface area contributed by atoms with Crippen molar-refractivity contribution in [2.24, 2.45) is 0 Å². The van der Waals surface area contributed by atoms with Gasteiger partial charge in [0.2, 0.25) is 0 Å². The lowest BCUT2D eigenvalue weighted by Gasteiger charge is -2.11. The van der Waals surface area contributed by atoms with Crippen LogP contribution in [0.15, 0.2) is 51.8 Å². The second-order valence-electron chi connectivity index (χ2n) is 4.36. The van der Waals surface area contributed by atoms with Crippen LogP contribution < -0.4 is 14.2 Å². The molecule has 1 N–H and O–H groups in total. The van der Waals surface area contributed by atoms with Crippen molar-refractivity contribution in [2.75, 3.05) is 18.4 Å². The zero-order chi connectivity index (χ0) is 16.2. The molecule has 118 valence electrons. The minimum absolute atomic E-state index is 0.126. The lowest BCUT2D eigenvalue weighted by molar-refractivity contribution is 0.340. The predicted molar refractivity (Wildman–Crippen MR) is 89.1 cm³/mol. The Morgan fingerprint density at radius 3 is 2.41 bits per heavy atom. The fourth-order valence-electron chi connectivity index (χ4n) is 1.81. The lowest BCUT2D eigenvalue weighted by Crippen LogP contribution is -2.13. The first-order valence-electron chi connectivity index (χ1n) is 6.55. The smallest absolute Gasteiger partial charge is 0.262 e. The van der Waals surface area contributed by atoms with E-state index < -0.39 is 10.0 Å². The molecule has 0 aliphatic rings. The van der Waals surface area contributed by atoms with Gasteiger partial charge in [0, 0.05) is 11.8 Å². The maximum atomic E-state index is 12.4. The summed E-state index contributed by atoms with van der Waals surface area (Å²) in [4.78, 5) is 0.126. The van der Waals surface area contributed by atoms with Gasteiger partial charge in [0.25, 0.3) is 10.0 Å². The molecule has 0 bridgehead atoms. The quantitative estimate of drug-likeness (QED) is 0.823. The van der Waals surface area contributed by atoms with Gasteiger partial charge in [-0.25, -0.2) is 8.42 Å². The van der Waals surface area contributed by atoms with Crippen molar-refractivity contribution < 1.29 is 17.9 Å². The van der Waals surface area contributed by atoms with Gasteiger partial charge in [0.05, 0.1) is 23.1 Å². The van der Waals surface area contributed by atoms with Crippen molar-refractivity contribution in [1.82, 2.24) is 0 Å². The topological polar surface area (TPSA) is 64.6 Å². The Labute approximate surface area is 138 Å². The van der Waals surface area contributed by atoms with Gasteiger partial charge in [-0.05, 0) is 59.3 Å². The molecule has 0 saturated carbocycles.